The molecule has 0 aromatic heterocycles. The third-order valence-corrected chi connectivity index (χ3v) is 4.48. The highest BCUT2D eigenvalue weighted by Crippen LogP contribution is 2.47. The van der Waals surface area contributed by atoms with Gasteiger partial charge in [0.15, 0.2) is 0 Å². The van der Waals surface area contributed by atoms with Crippen LogP contribution in [0.1, 0.15) is 13.8 Å². The number of hydrogen-bond donors (Lipinski definition) is 0. The van der Waals surface area contributed by atoms with Crippen molar-refractivity contribution in [2.45, 2.75) is 13.8 Å². The molecule has 11 heavy (non-hydrogen) atoms. The van der Waals surface area contributed by atoms with E-state index in [1.165, 1.54) is 0 Å². The third kappa shape index (κ3) is 5.17. The Bertz CT molecular complexity index is 116. The van der Waals surface area contributed by atoms with Crippen molar-refractivity contribution < 1.29 is 13.6 Å². The minimum atomic E-state index is -2.73. The summed E-state index contributed by atoms with van der Waals surface area (Å²) in [6.45, 7) is 4.54. The Hall–Kier alpha value is 0.880. The maximum Gasteiger partial charge on any atom is 0.331 e. The molecule has 0 aromatic carbocycles. The highest BCUT2D eigenvalue weighted by Gasteiger charge is 2.21. The lowest BCUT2D eigenvalue weighted by atomic mass is 10.9. The van der Waals surface area contributed by atoms with Crippen LogP contribution in [-0.4, -0.2) is 23.8 Å². The van der Waals surface area contributed by atoms with E-state index in [-0.39, 0.29) is 0 Å². The van der Waals surface area contributed by atoms with Crippen LogP contribution in [0.5, 0.6) is 0 Å². The van der Waals surface area contributed by atoms with Crippen LogP contribution in [0, 0.1) is 0 Å². The summed E-state index contributed by atoms with van der Waals surface area (Å²) in [5, 5.41) is 0. The van der Waals surface area contributed by atoms with Crippen molar-refractivity contribution in [1.82, 2.24) is 0 Å². The Morgan fingerprint density at radius 1 is 1.27 bits per heavy atom. The zero-order valence-corrected chi connectivity index (χ0v) is 9.93. The van der Waals surface area contributed by atoms with Crippen LogP contribution in [0.4, 0.5) is 0 Å². The number of halogens is 1. The summed E-state index contributed by atoms with van der Waals surface area (Å²) in [7, 11) is -2.73. The second kappa shape index (κ2) is 6.40. The Balaban J connectivity index is 3.91. The zero-order chi connectivity index (χ0) is 8.74. The van der Waals surface area contributed by atoms with Crippen molar-refractivity contribution in [2.24, 2.45) is 0 Å². The van der Waals surface area contributed by atoms with Gasteiger partial charge in [0.2, 0.25) is 0 Å². The molecule has 0 aliphatic heterocycles. The van der Waals surface area contributed by atoms with Crippen LogP contribution in [0.3, 0.4) is 0 Å². The predicted octanol–water partition coefficient (Wildman–Crippen LogP) is 2.69. The van der Waals surface area contributed by atoms with Gasteiger partial charge < -0.3 is 9.05 Å². The monoisotopic (exact) mass is 292 g/mol. The smallest absolute Gasteiger partial charge is 0.309 e. The van der Waals surface area contributed by atoms with Crippen LogP contribution in [0.25, 0.3) is 0 Å². The van der Waals surface area contributed by atoms with Gasteiger partial charge in [-0.3, -0.25) is 4.57 Å². The fourth-order valence-corrected chi connectivity index (χ4v) is 3.76. The molecule has 0 rings (SSSR count). The van der Waals surface area contributed by atoms with E-state index in [9.17, 15) is 4.57 Å². The average molecular weight is 292 g/mol. The standard InChI is InChI=1S/C6H14IO3P/c1-3-9-11(8,6-5-7)10-4-2/h3-6H2,1-2H3. The van der Waals surface area contributed by atoms with Crippen molar-refractivity contribution >= 4 is 30.2 Å². The van der Waals surface area contributed by atoms with Crippen LogP contribution < -0.4 is 0 Å². The molecule has 0 saturated heterocycles. The second-order valence-corrected chi connectivity index (χ2v) is 5.12. The minimum Gasteiger partial charge on any atom is -0.309 e. The van der Waals surface area contributed by atoms with Crippen LogP contribution in [0.2, 0.25) is 0 Å². The minimum absolute atomic E-state index is 0.452. The van der Waals surface area contributed by atoms with E-state index >= 15 is 0 Å². The Labute approximate surface area is 81.5 Å². The molecule has 0 heterocycles. The Kier molecular flexibility index (Phi) is 6.91. The van der Waals surface area contributed by atoms with E-state index in [1.54, 1.807) is 0 Å². The van der Waals surface area contributed by atoms with E-state index in [4.69, 9.17) is 9.05 Å². The van der Waals surface area contributed by atoms with Crippen LogP contribution in [0.15, 0.2) is 0 Å². The fourth-order valence-electron chi connectivity index (χ4n) is 0.663. The van der Waals surface area contributed by atoms with Gasteiger partial charge in [-0.05, 0) is 13.8 Å². The average Bonchev–Trinajstić information content (AvgIpc) is 1.88. The molecule has 0 fully saturated rings. The summed E-state index contributed by atoms with van der Waals surface area (Å²) in [5.41, 5.74) is 0. The molecular formula is C6H14IO3P. The van der Waals surface area contributed by atoms with Crippen LogP contribution in [-0.2, 0) is 13.6 Å². The molecule has 3 nitrogen and oxygen atoms in total. The van der Waals surface area contributed by atoms with Gasteiger partial charge in [-0.25, -0.2) is 0 Å². The van der Waals surface area contributed by atoms with Gasteiger partial charge in [-0.2, -0.15) is 0 Å². The number of rotatable bonds is 6. The lowest BCUT2D eigenvalue weighted by Crippen LogP contribution is -2.00. The first kappa shape index (κ1) is 11.9. The molecule has 0 N–H and O–H groups in total. The molecule has 5 heteroatoms. The van der Waals surface area contributed by atoms with E-state index in [0.29, 0.717) is 19.4 Å². The van der Waals surface area contributed by atoms with Crippen molar-refractivity contribution in [3.8, 4) is 0 Å². The van der Waals surface area contributed by atoms with Gasteiger partial charge in [0.1, 0.15) is 0 Å². The van der Waals surface area contributed by atoms with Gasteiger partial charge in [0, 0.05) is 4.43 Å². The van der Waals surface area contributed by atoms with Crippen molar-refractivity contribution in [3.05, 3.63) is 0 Å². The lowest BCUT2D eigenvalue weighted by Gasteiger charge is -2.14. The SMILES string of the molecule is CCOP(=O)(CCI)OCC. The molecule has 68 valence electrons. The topological polar surface area (TPSA) is 35.5 Å². The molecular weight excluding hydrogens is 278 g/mol. The summed E-state index contributed by atoms with van der Waals surface area (Å²) in [4.78, 5) is 0. The van der Waals surface area contributed by atoms with Gasteiger partial charge in [-0.1, -0.05) is 22.6 Å². The third-order valence-electron chi connectivity index (χ3n) is 1.01. The maximum atomic E-state index is 11.6. The molecule has 0 amide bonds. The van der Waals surface area contributed by atoms with Crippen molar-refractivity contribution in [1.29, 1.82) is 0 Å². The highest BCUT2D eigenvalue weighted by atomic mass is 127. The summed E-state index contributed by atoms with van der Waals surface area (Å²) in [6, 6.07) is 0. The van der Waals surface area contributed by atoms with E-state index in [2.05, 4.69) is 22.6 Å². The summed E-state index contributed by atoms with van der Waals surface area (Å²) in [5.74, 6) is 0. The molecule has 0 aromatic rings. The largest absolute Gasteiger partial charge is 0.331 e. The Morgan fingerprint density at radius 3 is 2.00 bits per heavy atom. The molecule has 0 unspecified atom stereocenters. The summed E-state index contributed by atoms with van der Waals surface area (Å²) >= 11 is 2.16. The van der Waals surface area contributed by atoms with Gasteiger partial charge in [-0.15, -0.1) is 0 Å². The molecule has 0 aliphatic carbocycles. The van der Waals surface area contributed by atoms with Gasteiger partial charge in [0.25, 0.3) is 0 Å². The molecule has 0 aliphatic rings. The van der Waals surface area contributed by atoms with E-state index < -0.39 is 7.60 Å². The van der Waals surface area contributed by atoms with Crippen LogP contribution >= 0.6 is 30.2 Å². The van der Waals surface area contributed by atoms with E-state index in [1.807, 2.05) is 13.8 Å². The number of hydrogen-bond acceptors (Lipinski definition) is 3. The zero-order valence-electron chi connectivity index (χ0n) is 6.88. The molecule has 0 saturated carbocycles. The molecule has 0 spiro atoms. The Morgan fingerprint density at radius 2 is 1.73 bits per heavy atom. The van der Waals surface area contributed by atoms with Crippen molar-refractivity contribution in [3.63, 3.8) is 0 Å². The van der Waals surface area contributed by atoms with Gasteiger partial charge in [0.05, 0.1) is 19.4 Å². The predicted molar refractivity (Wildman–Crippen MR) is 54.6 cm³/mol. The lowest BCUT2D eigenvalue weighted by molar-refractivity contribution is 0.221. The maximum absolute atomic E-state index is 11.6. The molecule has 0 bridgehead atoms. The normalized spacial score (nSPS) is 11.9. The van der Waals surface area contributed by atoms with E-state index in [0.717, 1.165) is 4.43 Å². The first-order chi connectivity index (χ1) is 5.18. The first-order valence-electron chi connectivity index (χ1n) is 3.62. The fraction of sp³-hybridized carbons (Fsp3) is 1.00. The van der Waals surface area contributed by atoms with Gasteiger partial charge >= 0.3 is 7.60 Å². The number of alkyl halides is 1. The second-order valence-electron chi connectivity index (χ2n) is 1.86. The molecule has 0 atom stereocenters. The summed E-state index contributed by atoms with van der Waals surface area (Å²) < 4.78 is 22.4. The summed E-state index contributed by atoms with van der Waals surface area (Å²) in [6.07, 6.45) is 0.509. The van der Waals surface area contributed by atoms with Crippen molar-refractivity contribution in [2.75, 3.05) is 23.8 Å². The molecule has 0 radical (unpaired) electrons. The first-order valence-corrected chi connectivity index (χ1v) is 6.88. The quantitative estimate of drug-likeness (QED) is 0.429. The highest BCUT2D eigenvalue weighted by molar-refractivity contribution is 14.1.